The minimum absolute atomic E-state index is 0.0552. The molecule has 3 rings (SSSR count). The summed E-state index contributed by atoms with van der Waals surface area (Å²) in [4.78, 5) is 52.5. The molecule has 3 aliphatic rings. The van der Waals surface area contributed by atoms with Crippen LogP contribution in [0.4, 0.5) is 0 Å². The first kappa shape index (κ1) is 41.3. The lowest BCUT2D eigenvalue weighted by Crippen LogP contribution is -2.60. The lowest BCUT2D eigenvalue weighted by atomic mass is 9.62. The van der Waals surface area contributed by atoms with E-state index in [0.29, 0.717) is 25.3 Å². The van der Waals surface area contributed by atoms with E-state index in [1.807, 2.05) is 34.6 Å². The van der Waals surface area contributed by atoms with Crippen LogP contribution in [0.3, 0.4) is 0 Å². The molecule has 14 heteroatoms. The number of rotatable bonds is 15. The van der Waals surface area contributed by atoms with Crippen molar-refractivity contribution < 1.29 is 45.7 Å². The second-order valence-electron chi connectivity index (χ2n) is 19.0. The Morgan fingerprint density at radius 2 is 1.33 bits per heavy atom. The fraction of sp³-hybridized carbons (Fsp3) is 0.882. The topological polar surface area (TPSA) is 124 Å². The summed E-state index contributed by atoms with van der Waals surface area (Å²) in [6, 6.07) is 0.571. The van der Waals surface area contributed by atoms with Gasteiger partial charge in [-0.05, 0) is 143 Å². The van der Waals surface area contributed by atoms with Crippen LogP contribution in [0.1, 0.15) is 67.2 Å². The van der Waals surface area contributed by atoms with Gasteiger partial charge in [-0.1, -0.05) is 6.92 Å². The number of fused-ring (bicyclic) bond motifs is 2. The molecule has 7 atom stereocenters. The molecule has 1 saturated heterocycles. The predicted octanol–water partition coefficient (Wildman–Crippen LogP) is 7.40. The van der Waals surface area contributed by atoms with E-state index in [1.54, 1.807) is 6.92 Å². The Morgan fingerprint density at radius 1 is 0.812 bits per heavy atom. The molecule has 276 valence electrons. The van der Waals surface area contributed by atoms with Crippen molar-refractivity contribution in [2.24, 2.45) is 46.8 Å². The average molecular weight is 745 g/mol. The van der Waals surface area contributed by atoms with Gasteiger partial charge in [-0.2, -0.15) is 0 Å². The number of hydrogen-bond donors (Lipinski definition) is 0. The van der Waals surface area contributed by atoms with Crippen LogP contribution in [0.2, 0.25) is 65.0 Å². The van der Waals surface area contributed by atoms with Crippen molar-refractivity contribution in [3.8, 4) is 0 Å². The van der Waals surface area contributed by atoms with Crippen LogP contribution in [0.25, 0.3) is 0 Å². The summed E-state index contributed by atoms with van der Waals surface area (Å²) in [7, 11) is -9.15. The molecule has 0 aromatic rings. The van der Waals surface area contributed by atoms with Crippen molar-refractivity contribution in [1.82, 2.24) is 0 Å². The third-order valence-electron chi connectivity index (χ3n) is 9.29. The molecule has 48 heavy (non-hydrogen) atoms. The largest absolute Gasteiger partial charge is 0.469 e. The molecule has 7 unspecified atom stereocenters. The Balaban J connectivity index is 1.78. The zero-order chi connectivity index (χ0) is 36.8. The van der Waals surface area contributed by atoms with Crippen LogP contribution in [0, 0.1) is 46.8 Å². The predicted molar refractivity (Wildman–Crippen MR) is 194 cm³/mol. The number of ether oxygens (including phenoxy) is 3. The van der Waals surface area contributed by atoms with Crippen LogP contribution in [0.15, 0.2) is 0 Å². The molecule has 1 heterocycles. The molecule has 0 amide bonds. The number of carbonyl (C=O) groups excluding carboxylic acids is 4. The Morgan fingerprint density at radius 3 is 1.77 bits per heavy atom. The monoisotopic (exact) mass is 744 g/mol. The fourth-order valence-electron chi connectivity index (χ4n) is 8.07. The standard InChI is InChI=1S/C34H64O10Si4/c1-22-27(31(37)40-29(22)35)28-23-19-24(25(20-23)30(36)41-33(2,3)4)26(28)21-34(5,6)32(38)39-17-16-18-48(42-45(7,8)9,43-46(10,11)12)44-47(13,14)15/h22-28H,16-21H2,1-15H3. The summed E-state index contributed by atoms with van der Waals surface area (Å²) in [5, 5.41) is 0. The molecular formula is C34H64O10Si4. The van der Waals surface area contributed by atoms with Gasteiger partial charge in [-0.15, -0.1) is 0 Å². The molecule has 3 fully saturated rings. The third-order valence-corrected chi connectivity index (χ3v) is 21.3. The normalized spacial score (nSPS) is 28.5. The van der Waals surface area contributed by atoms with Crippen molar-refractivity contribution in [2.75, 3.05) is 6.61 Å². The van der Waals surface area contributed by atoms with E-state index < -0.39 is 68.5 Å². The van der Waals surface area contributed by atoms with Crippen molar-refractivity contribution in [3.05, 3.63) is 0 Å². The molecule has 10 nitrogen and oxygen atoms in total. The van der Waals surface area contributed by atoms with Crippen LogP contribution in [-0.4, -0.2) is 69.8 Å². The van der Waals surface area contributed by atoms with Crippen LogP contribution >= 0.6 is 0 Å². The molecule has 1 aliphatic heterocycles. The fourth-order valence-corrected chi connectivity index (χ4v) is 22.7. The summed E-state index contributed by atoms with van der Waals surface area (Å²) < 4.78 is 37.2. The maximum absolute atomic E-state index is 13.8. The van der Waals surface area contributed by atoms with Gasteiger partial charge in [0.15, 0.2) is 25.0 Å². The van der Waals surface area contributed by atoms with Gasteiger partial charge in [0.25, 0.3) is 0 Å². The van der Waals surface area contributed by atoms with E-state index in [0.717, 1.165) is 6.42 Å². The van der Waals surface area contributed by atoms with Gasteiger partial charge in [0, 0.05) is 6.04 Å². The van der Waals surface area contributed by atoms with Gasteiger partial charge in [-0.25, -0.2) is 0 Å². The number of hydrogen-bond acceptors (Lipinski definition) is 10. The van der Waals surface area contributed by atoms with E-state index in [2.05, 4.69) is 58.9 Å². The molecule has 0 aromatic carbocycles. The summed E-state index contributed by atoms with van der Waals surface area (Å²) in [5.74, 6) is -3.28. The van der Waals surface area contributed by atoms with Crippen LogP contribution < -0.4 is 0 Å². The van der Waals surface area contributed by atoms with E-state index in [9.17, 15) is 19.2 Å². The zero-order valence-electron chi connectivity index (χ0n) is 32.4. The highest BCUT2D eigenvalue weighted by Crippen LogP contribution is 2.62. The molecule has 0 N–H and O–H groups in total. The van der Waals surface area contributed by atoms with Gasteiger partial charge in [-0.3, -0.25) is 19.2 Å². The first-order valence-corrected chi connectivity index (χ1v) is 29.9. The van der Waals surface area contributed by atoms with Crippen molar-refractivity contribution in [2.45, 2.75) is 138 Å². The molecule has 2 aliphatic carbocycles. The van der Waals surface area contributed by atoms with E-state index in [4.69, 9.17) is 26.6 Å². The van der Waals surface area contributed by atoms with Gasteiger partial charge in [0.05, 0.1) is 29.8 Å². The second kappa shape index (κ2) is 14.5. The molecule has 2 bridgehead atoms. The SMILES string of the molecule is CC1C(=O)OC(=O)C1C1C2CC(C(=O)OC(C)(C)C)C(C2)C1CC(C)(C)C(=O)OCCC[Si](O[Si](C)(C)C)(O[Si](C)(C)C)O[Si](C)(C)C. The molecule has 0 spiro atoms. The molecular weight excluding hydrogens is 681 g/mol. The minimum Gasteiger partial charge on any atom is -0.465 e. The smallest absolute Gasteiger partial charge is 0.465 e. The van der Waals surface area contributed by atoms with E-state index >= 15 is 0 Å². The highest BCUT2D eigenvalue weighted by molar-refractivity contribution is 6.90. The van der Waals surface area contributed by atoms with Gasteiger partial charge < -0.3 is 26.6 Å². The Hall–Kier alpha value is -1.17. The van der Waals surface area contributed by atoms with E-state index in [-0.39, 0.29) is 48.1 Å². The number of esters is 4. The molecule has 0 radical (unpaired) electrons. The van der Waals surface area contributed by atoms with Crippen LogP contribution in [-0.2, 0) is 45.7 Å². The number of carbonyl (C=O) groups is 4. The van der Waals surface area contributed by atoms with Crippen LogP contribution in [0.5, 0.6) is 0 Å². The summed E-state index contributed by atoms with van der Waals surface area (Å²) in [6.07, 6.45) is 2.35. The minimum atomic E-state index is -3.06. The Kier molecular flexibility index (Phi) is 12.4. The summed E-state index contributed by atoms with van der Waals surface area (Å²) in [5.41, 5.74) is -1.51. The molecule has 0 aromatic heterocycles. The quantitative estimate of drug-likeness (QED) is 0.0551. The van der Waals surface area contributed by atoms with Crippen molar-refractivity contribution in [3.63, 3.8) is 0 Å². The summed E-state index contributed by atoms with van der Waals surface area (Å²) >= 11 is 0. The van der Waals surface area contributed by atoms with Gasteiger partial charge in [0.2, 0.25) is 0 Å². The second-order valence-corrected chi connectivity index (χ2v) is 36.0. The first-order chi connectivity index (χ1) is 21.5. The lowest BCUT2D eigenvalue weighted by molar-refractivity contribution is -0.164. The van der Waals surface area contributed by atoms with Gasteiger partial charge >= 0.3 is 32.7 Å². The highest BCUT2D eigenvalue weighted by Gasteiger charge is 2.62. The van der Waals surface area contributed by atoms with E-state index in [1.165, 1.54) is 0 Å². The maximum atomic E-state index is 13.8. The highest BCUT2D eigenvalue weighted by atomic mass is 28.5. The number of cyclic esters (lactones) is 2. The zero-order valence-corrected chi connectivity index (χ0v) is 36.4. The molecule has 2 saturated carbocycles. The maximum Gasteiger partial charge on any atom is 0.469 e. The lowest BCUT2D eigenvalue weighted by Gasteiger charge is -2.43. The summed E-state index contributed by atoms with van der Waals surface area (Å²) in [6.45, 7) is 30.6. The Labute approximate surface area is 293 Å². The third kappa shape index (κ3) is 10.9. The Bertz CT molecular complexity index is 1170. The van der Waals surface area contributed by atoms with Crippen molar-refractivity contribution in [1.29, 1.82) is 0 Å². The average Bonchev–Trinajstić information content (AvgIpc) is 3.48. The van der Waals surface area contributed by atoms with Crippen molar-refractivity contribution >= 4 is 57.6 Å². The first-order valence-electron chi connectivity index (χ1n) is 17.8. The van der Waals surface area contributed by atoms with Gasteiger partial charge in [0.1, 0.15) is 5.60 Å².